The Morgan fingerprint density at radius 1 is 1.40 bits per heavy atom. The van der Waals surface area contributed by atoms with Crippen molar-refractivity contribution in [1.29, 1.82) is 0 Å². The van der Waals surface area contributed by atoms with E-state index in [1.54, 1.807) is 6.92 Å². The maximum Gasteiger partial charge on any atom is 0.260 e. The number of nitrogens with one attached hydrogen (secondary N) is 2. The first-order chi connectivity index (χ1) is 7.00. The van der Waals surface area contributed by atoms with Crippen LogP contribution in [0.25, 0.3) is 10.2 Å². The van der Waals surface area contributed by atoms with Gasteiger partial charge in [0.25, 0.3) is 5.56 Å². The molecule has 0 amide bonds. The van der Waals surface area contributed by atoms with Crippen LogP contribution in [0.4, 0.5) is 0 Å². The lowest BCUT2D eigenvalue weighted by atomic mass is 10.2. The van der Waals surface area contributed by atoms with Crippen LogP contribution in [0.2, 0.25) is 0 Å². The molecule has 2 N–H and O–H groups in total. The average molecular weight is 240 g/mol. The molecule has 6 heteroatoms. The fourth-order valence-corrected chi connectivity index (χ4v) is 2.87. The van der Waals surface area contributed by atoms with Crippen LogP contribution >= 0.6 is 23.6 Å². The number of aromatic amines is 2. The van der Waals surface area contributed by atoms with E-state index in [-0.39, 0.29) is 16.1 Å². The average Bonchev–Trinajstić information content (AvgIpc) is 2.42. The minimum absolute atomic E-state index is 0.0348. The first-order valence-corrected chi connectivity index (χ1v) is 5.50. The van der Waals surface area contributed by atoms with Gasteiger partial charge in [-0.2, -0.15) is 0 Å². The summed E-state index contributed by atoms with van der Waals surface area (Å²) in [6, 6.07) is 0. The van der Waals surface area contributed by atoms with Gasteiger partial charge in [0, 0.05) is 0 Å². The van der Waals surface area contributed by atoms with Gasteiger partial charge in [0.2, 0.25) is 0 Å². The highest BCUT2D eigenvalue weighted by atomic mass is 32.1. The minimum atomic E-state index is -0.241. The summed E-state index contributed by atoms with van der Waals surface area (Å²) in [5.41, 5.74) is 0.477. The lowest BCUT2D eigenvalue weighted by molar-refractivity contribution is 0.102. The molecule has 0 aliphatic heterocycles. The molecule has 0 aliphatic carbocycles. The Labute approximate surface area is 94.0 Å². The quantitative estimate of drug-likeness (QED) is 0.593. The number of hydrogen-bond acceptors (Lipinski definition) is 4. The molecule has 2 aromatic rings. The number of rotatable bonds is 1. The molecule has 0 unspecified atom stereocenters. The summed E-state index contributed by atoms with van der Waals surface area (Å²) >= 11 is 6.12. The summed E-state index contributed by atoms with van der Waals surface area (Å²) in [4.78, 5) is 29.5. The van der Waals surface area contributed by atoms with Crippen molar-refractivity contribution < 1.29 is 4.79 Å². The number of carbonyl (C=O) groups is 1. The second-order valence-corrected chi connectivity index (χ2v) is 4.65. The zero-order valence-electron chi connectivity index (χ0n) is 8.13. The molecule has 0 aliphatic rings. The second-order valence-electron chi connectivity index (χ2n) is 3.22. The molecule has 0 fully saturated rings. The first kappa shape index (κ1) is 10.3. The van der Waals surface area contributed by atoms with E-state index in [0.717, 1.165) is 5.56 Å². The van der Waals surface area contributed by atoms with Crippen LogP contribution in [0, 0.1) is 11.7 Å². The summed E-state index contributed by atoms with van der Waals surface area (Å²) in [5, 5.41) is 0.527. The molecule has 15 heavy (non-hydrogen) atoms. The van der Waals surface area contributed by atoms with Crippen LogP contribution in [-0.2, 0) is 0 Å². The summed E-state index contributed by atoms with van der Waals surface area (Å²) < 4.78 is 0.281. The molecule has 0 saturated carbocycles. The summed E-state index contributed by atoms with van der Waals surface area (Å²) in [5.74, 6) is -0.0348. The number of H-pyrrole nitrogens is 2. The van der Waals surface area contributed by atoms with Gasteiger partial charge in [-0.25, -0.2) is 0 Å². The molecule has 2 aromatic heterocycles. The van der Waals surface area contributed by atoms with Crippen molar-refractivity contribution in [3.05, 3.63) is 25.6 Å². The molecule has 4 nitrogen and oxygen atoms in total. The Hall–Kier alpha value is -1.27. The standard InChI is InChI=1S/C9H8N2O2S2/c1-3-5-7(13)10-9(14)11-8(5)15-6(3)4(2)12/h1-2H3,(H2,10,11,13,14). The number of hydrogen-bond donors (Lipinski definition) is 2. The molecule has 0 aromatic carbocycles. The lowest BCUT2D eigenvalue weighted by Crippen LogP contribution is -2.07. The van der Waals surface area contributed by atoms with Crippen LogP contribution in [0.5, 0.6) is 0 Å². The normalized spacial score (nSPS) is 10.8. The Balaban J connectivity index is 3.01. The fraction of sp³-hybridized carbons (Fsp3) is 0.222. The SMILES string of the molecule is CC(=O)c1sc2[nH]c(=S)[nH]c(=O)c2c1C. The van der Waals surface area contributed by atoms with Crippen molar-refractivity contribution in [2.45, 2.75) is 13.8 Å². The lowest BCUT2D eigenvalue weighted by Gasteiger charge is -1.91. The number of thiophene rings is 1. The molecule has 2 heterocycles. The van der Waals surface area contributed by atoms with Gasteiger partial charge in [0.05, 0.1) is 10.3 Å². The third-order valence-electron chi connectivity index (χ3n) is 2.15. The van der Waals surface area contributed by atoms with Gasteiger partial charge in [-0.05, 0) is 31.6 Å². The van der Waals surface area contributed by atoms with Gasteiger partial charge in [0.1, 0.15) is 4.83 Å². The van der Waals surface area contributed by atoms with Gasteiger partial charge < -0.3 is 4.98 Å². The molecular weight excluding hydrogens is 232 g/mol. The predicted octanol–water partition coefficient (Wildman–Crippen LogP) is 2.16. The van der Waals surface area contributed by atoms with Gasteiger partial charge in [-0.1, -0.05) is 0 Å². The van der Waals surface area contributed by atoms with Crippen molar-refractivity contribution >= 4 is 39.6 Å². The van der Waals surface area contributed by atoms with E-state index in [1.807, 2.05) is 0 Å². The molecule has 2 rings (SSSR count). The Bertz CT molecular complexity index is 663. The van der Waals surface area contributed by atoms with E-state index in [9.17, 15) is 9.59 Å². The number of fused-ring (bicyclic) bond motifs is 1. The monoisotopic (exact) mass is 240 g/mol. The molecule has 0 bridgehead atoms. The number of Topliss-reactive ketones (excluding diaryl/α,β-unsaturated/α-hetero) is 1. The predicted molar refractivity (Wildman–Crippen MR) is 62.4 cm³/mol. The van der Waals surface area contributed by atoms with E-state index in [0.29, 0.717) is 15.1 Å². The van der Waals surface area contributed by atoms with E-state index >= 15 is 0 Å². The van der Waals surface area contributed by atoms with Crippen molar-refractivity contribution in [2.24, 2.45) is 0 Å². The van der Waals surface area contributed by atoms with Crippen molar-refractivity contribution in [1.82, 2.24) is 9.97 Å². The van der Waals surface area contributed by atoms with E-state index in [2.05, 4.69) is 9.97 Å². The molecule has 0 saturated heterocycles. The third-order valence-corrected chi connectivity index (χ3v) is 3.66. The van der Waals surface area contributed by atoms with Gasteiger partial charge >= 0.3 is 0 Å². The third kappa shape index (κ3) is 1.55. The summed E-state index contributed by atoms with van der Waals surface area (Å²) in [6.45, 7) is 3.25. The highest BCUT2D eigenvalue weighted by Gasteiger charge is 2.14. The highest BCUT2D eigenvalue weighted by molar-refractivity contribution is 7.71. The highest BCUT2D eigenvalue weighted by Crippen LogP contribution is 2.26. The van der Waals surface area contributed by atoms with Crippen LogP contribution < -0.4 is 5.56 Å². The van der Waals surface area contributed by atoms with Crippen molar-refractivity contribution in [2.75, 3.05) is 0 Å². The largest absolute Gasteiger partial charge is 0.323 e. The van der Waals surface area contributed by atoms with Crippen LogP contribution in [-0.4, -0.2) is 15.8 Å². The molecule has 0 atom stereocenters. The van der Waals surface area contributed by atoms with Gasteiger partial charge in [-0.3, -0.25) is 14.6 Å². The first-order valence-electron chi connectivity index (χ1n) is 4.27. The molecule has 78 valence electrons. The summed E-state index contributed by atoms with van der Waals surface area (Å²) in [6.07, 6.45) is 0. The second kappa shape index (κ2) is 3.39. The van der Waals surface area contributed by atoms with Crippen LogP contribution in [0.15, 0.2) is 4.79 Å². The van der Waals surface area contributed by atoms with Crippen LogP contribution in [0.3, 0.4) is 0 Å². The Morgan fingerprint density at radius 3 is 2.67 bits per heavy atom. The zero-order valence-corrected chi connectivity index (χ0v) is 9.77. The topological polar surface area (TPSA) is 65.7 Å². The maximum atomic E-state index is 11.6. The molecule has 0 spiro atoms. The van der Waals surface area contributed by atoms with Gasteiger partial charge in [0.15, 0.2) is 10.6 Å². The fourth-order valence-electron chi connectivity index (χ4n) is 1.51. The van der Waals surface area contributed by atoms with E-state index < -0.39 is 0 Å². The van der Waals surface area contributed by atoms with Crippen LogP contribution in [0.1, 0.15) is 22.2 Å². The number of carbonyl (C=O) groups excluding carboxylic acids is 1. The van der Waals surface area contributed by atoms with E-state index in [1.165, 1.54) is 18.3 Å². The minimum Gasteiger partial charge on any atom is -0.323 e. The number of aryl methyl sites for hydroxylation is 1. The molecule has 0 radical (unpaired) electrons. The van der Waals surface area contributed by atoms with Crippen molar-refractivity contribution in [3.8, 4) is 0 Å². The maximum absolute atomic E-state index is 11.6. The van der Waals surface area contributed by atoms with Gasteiger partial charge in [-0.15, -0.1) is 11.3 Å². The molecular formula is C9H8N2O2S2. The smallest absolute Gasteiger partial charge is 0.260 e. The number of aromatic nitrogens is 2. The van der Waals surface area contributed by atoms with Crippen molar-refractivity contribution in [3.63, 3.8) is 0 Å². The Morgan fingerprint density at radius 2 is 2.07 bits per heavy atom. The zero-order chi connectivity index (χ0) is 11.2. The summed E-state index contributed by atoms with van der Waals surface area (Å²) in [7, 11) is 0. The number of ketones is 1. The van der Waals surface area contributed by atoms with E-state index in [4.69, 9.17) is 12.2 Å². The Kier molecular flexibility index (Phi) is 2.32.